The fourth-order valence-electron chi connectivity index (χ4n) is 2.18. The number of rotatable bonds is 8. The Morgan fingerprint density at radius 3 is 2.43 bits per heavy atom. The molecule has 152 valence electrons. The van der Waals surface area contributed by atoms with Crippen molar-refractivity contribution in [1.82, 2.24) is 10.3 Å². The van der Waals surface area contributed by atoms with E-state index in [0.717, 1.165) is 5.56 Å². The Kier molecular flexibility index (Phi) is 7.65. The molecule has 2 rings (SSSR count). The molecule has 0 bridgehead atoms. The molecule has 0 aliphatic rings. The van der Waals surface area contributed by atoms with E-state index in [9.17, 15) is 18.0 Å². The highest BCUT2D eigenvalue weighted by Crippen LogP contribution is 2.23. The summed E-state index contributed by atoms with van der Waals surface area (Å²) in [5.74, 6) is -0.0976. The van der Waals surface area contributed by atoms with Gasteiger partial charge in [0.05, 0.1) is 18.3 Å². The largest absolute Gasteiger partial charge is 0.474 e. The van der Waals surface area contributed by atoms with Gasteiger partial charge in [-0.2, -0.15) is 13.2 Å². The molecule has 1 heterocycles. The highest BCUT2D eigenvalue weighted by atomic mass is 35.5. The van der Waals surface area contributed by atoms with Gasteiger partial charge >= 0.3 is 6.18 Å². The molecule has 5 nitrogen and oxygen atoms in total. The van der Waals surface area contributed by atoms with Crippen LogP contribution >= 0.6 is 11.6 Å². The number of pyridine rings is 1. The Bertz CT molecular complexity index is 796. The van der Waals surface area contributed by atoms with Crippen molar-refractivity contribution in [3.05, 3.63) is 58.2 Å². The molecule has 1 aromatic carbocycles. The highest BCUT2D eigenvalue weighted by molar-refractivity contribution is 6.32. The summed E-state index contributed by atoms with van der Waals surface area (Å²) in [7, 11) is 0. The first-order chi connectivity index (χ1) is 13.1. The van der Waals surface area contributed by atoms with Crippen LogP contribution in [-0.2, 0) is 17.9 Å². The van der Waals surface area contributed by atoms with Crippen molar-refractivity contribution in [2.24, 2.45) is 0 Å². The highest BCUT2D eigenvalue weighted by Gasteiger charge is 2.27. The van der Waals surface area contributed by atoms with E-state index in [1.165, 1.54) is 12.3 Å². The lowest BCUT2D eigenvalue weighted by molar-refractivity contribution is -0.176. The molecule has 0 radical (unpaired) electrons. The van der Waals surface area contributed by atoms with Crippen molar-refractivity contribution in [1.29, 1.82) is 0 Å². The van der Waals surface area contributed by atoms with Gasteiger partial charge in [0.25, 0.3) is 5.91 Å². The predicted octanol–water partition coefficient (Wildman–Crippen LogP) is 4.53. The van der Waals surface area contributed by atoms with Gasteiger partial charge in [-0.3, -0.25) is 4.79 Å². The van der Waals surface area contributed by atoms with E-state index in [-0.39, 0.29) is 36.1 Å². The Balaban J connectivity index is 1.86. The number of ether oxygens (including phenoxy) is 2. The summed E-state index contributed by atoms with van der Waals surface area (Å²) in [4.78, 5) is 16.3. The van der Waals surface area contributed by atoms with Crippen LogP contribution in [0.4, 0.5) is 13.2 Å². The van der Waals surface area contributed by atoms with Gasteiger partial charge in [-0.25, -0.2) is 4.98 Å². The average Bonchev–Trinajstić information content (AvgIpc) is 2.61. The van der Waals surface area contributed by atoms with Crippen LogP contribution in [0.1, 0.15) is 35.3 Å². The maximum atomic E-state index is 12.2. The number of carbonyl (C=O) groups is 1. The van der Waals surface area contributed by atoms with E-state index in [1.807, 2.05) is 13.8 Å². The van der Waals surface area contributed by atoms with Crippen LogP contribution in [0.3, 0.4) is 0 Å². The smallest absolute Gasteiger partial charge is 0.411 e. The molecule has 28 heavy (non-hydrogen) atoms. The Hall–Kier alpha value is -2.32. The summed E-state index contributed by atoms with van der Waals surface area (Å²) >= 11 is 6.07. The monoisotopic (exact) mass is 416 g/mol. The van der Waals surface area contributed by atoms with Gasteiger partial charge in [0.1, 0.15) is 11.6 Å². The molecular weight excluding hydrogens is 397 g/mol. The molecule has 0 spiro atoms. The van der Waals surface area contributed by atoms with Gasteiger partial charge in [0.2, 0.25) is 5.88 Å². The minimum absolute atomic E-state index is 0.0912. The maximum absolute atomic E-state index is 12.2. The number of hydrogen-bond donors (Lipinski definition) is 1. The van der Waals surface area contributed by atoms with Crippen molar-refractivity contribution in [3.8, 4) is 5.88 Å². The van der Waals surface area contributed by atoms with Crippen LogP contribution in [0.25, 0.3) is 0 Å². The van der Waals surface area contributed by atoms with Crippen molar-refractivity contribution in [3.63, 3.8) is 0 Å². The summed E-state index contributed by atoms with van der Waals surface area (Å²) < 4.78 is 46.2. The van der Waals surface area contributed by atoms with Gasteiger partial charge < -0.3 is 14.8 Å². The summed E-state index contributed by atoms with van der Waals surface area (Å²) in [6.45, 7) is 2.49. The molecule has 9 heteroatoms. The molecule has 0 aliphatic carbocycles. The van der Waals surface area contributed by atoms with Crippen LogP contribution in [0, 0.1) is 0 Å². The number of alkyl halides is 3. The number of hydrogen-bond acceptors (Lipinski definition) is 4. The lowest BCUT2D eigenvalue weighted by atomic mass is 10.1. The van der Waals surface area contributed by atoms with E-state index in [2.05, 4.69) is 15.0 Å². The first kappa shape index (κ1) is 22.0. The van der Waals surface area contributed by atoms with Gasteiger partial charge in [0.15, 0.2) is 0 Å². The second-order valence-corrected chi connectivity index (χ2v) is 6.69. The van der Waals surface area contributed by atoms with E-state index >= 15 is 0 Å². The third-order valence-electron chi connectivity index (χ3n) is 3.43. The van der Waals surface area contributed by atoms with Crippen molar-refractivity contribution in [2.45, 2.75) is 39.3 Å². The first-order valence-electron chi connectivity index (χ1n) is 8.47. The number of carbonyl (C=O) groups excluding carboxylic acids is 1. The summed E-state index contributed by atoms with van der Waals surface area (Å²) in [6.07, 6.45) is -3.06. The van der Waals surface area contributed by atoms with E-state index in [4.69, 9.17) is 16.3 Å². The minimum Gasteiger partial charge on any atom is -0.474 e. The second-order valence-electron chi connectivity index (χ2n) is 6.28. The molecule has 0 aliphatic heterocycles. The van der Waals surface area contributed by atoms with Crippen molar-refractivity contribution < 1.29 is 27.4 Å². The molecule has 0 fully saturated rings. The van der Waals surface area contributed by atoms with E-state index < -0.39 is 12.8 Å². The summed E-state index contributed by atoms with van der Waals surface area (Å²) in [6, 6.07) is 8.18. The van der Waals surface area contributed by atoms with Crippen LogP contribution in [0.5, 0.6) is 5.88 Å². The van der Waals surface area contributed by atoms with Gasteiger partial charge in [0, 0.05) is 12.7 Å². The Morgan fingerprint density at radius 2 is 1.86 bits per heavy atom. The van der Waals surface area contributed by atoms with Gasteiger partial charge in [-0.15, -0.1) is 0 Å². The lowest BCUT2D eigenvalue weighted by Gasteiger charge is -2.11. The van der Waals surface area contributed by atoms with Crippen LogP contribution < -0.4 is 10.1 Å². The fourth-order valence-corrected chi connectivity index (χ4v) is 2.39. The van der Waals surface area contributed by atoms with Crippen molar-refractivity contribution in [2.75, 3.05) is 6.61 Å². The van der Waals surface area contributed by atoms with Crippen LogP contribution in [0.15, 0.2) is 36.5 Å². The third kappa shape index (κ3) is 7.36. The molecule has 2 aromatic rings. The van der Waals surface area contributed by atoms with Gasteiger partial charge in [-0.05, 0) is 31.0 Å². The molecule has 0 atom stereocenters. The minimum atomic E-state index is -4.35. The molecule has 0 saturated heterocycles. The number of amides is 1. The SMILES string of the molecule is CC(C)Oc1ncc(C(=O)NCc2ccc(COCC(F)(F)F)cc2)cc1Cl. The van der Waals surface area contributed by atoms with Crippen LogP contribution in [-0.4, -0.2) is 29.8 Å². The third-order valence-corrected chi connectivity index (χ3v) is 3.70. The fraction of sp³-hybridized carbons (Fsp3) is 0.368. The number of aromatic nitrogens is 1. The van der Waals surface area contributed by atoms with Gasteiger partial charge in [-0.1, -0.05) is 35.9 Å². The zero-order valence-corrected chi connectivity index (χ0v) is 16.1. The zero-order chi connectivity index (χ0) is 20.7. The molecule has 0 unspecified atom stereocenters. The number of halogens is 4. The standard InChI is InChI=1S/C19H20ClF3N2O3/c1-12(2)28-18-16(20)7-15(9-25-18)17(26)24-8-13-3-5-14(6-4-13)10-27-11-19(21,22)23/h3-7,9,12H,8,10-11H2,1-2H3,(H,24,26). The molecule has 1 N–H and O–H groups in total. The van der Waals surface area contributed by atoms with E-state index in [1.54, 1.807) is 24.3 Å². The predicted molar refractivity (Wildman–Crippen MR) is 98.3 cm³/mol. The second kappa shape index (κ2) is 9.75. The van der Waals surface area contributed by atoms with E-state index in [0.29, 0.717) is 11.1 Å². The number of benzene rings is 1. The van der Waals surface area contributed by atoms with Crippen LogP contribution in [0.2, 0.25) is 5.02 Å². The first-order valence-corrected chi connectivity index (χ1v) is 8.84. The zero-order valence-electron chi connectivity index (χ0n) is 15.3. The summed E-state index contributed by atoms with van der Waals surface area (Å²) in [5.41, 5.74) is 1.68. The molecule has 1 amide bonds. The molecule has 0 saturated carbocycles. The molecule has 1 aromatic heterocycles. The Labute approximate surface area is 165 Å². The summed E-state index contributed by atoms with van der Waals surface area (Å²) in [5, 5.41) is 2.97. The number of nitrogens with one attached hydrogen (secondary N) is 1. The van der Waals surface area contributed by atoms with Crippen molar-refractivity contribution >= 4 is 17.5 Å². The lowest BCUT2D eigenvalue weighted by Crippen LogP contribution is -2.23. The quantitative estimate of drug-likeness (QED) is 0.686. The maximum Gasteiger partial charge on any atom is 0.411 e. The topological polar surface area (TPSA) is 60.5 Å². The normalized spacial score (nSPS) is 11.5. The number of nitrogens with zero attached hydrogens (tertiary/aromatic N) is 1. The molecular formula is C19H20ClF3N2O3. The Morgan fingerprint density at radius 1 is 1.21 bits per heavy atom. The average molecular weight is 417 g/mol.